The molecule has 1 aromatic carbocycles. The molecule has 1 fully saturated rings. The van der Waals surface area contributed by atoms with Crippen LogP contribution in [0.1, 0.15) is 36.0 Å². The van der Waals surface area contributed by atoms with E-state index in [1.807, 2.05) is 0 Å². The van der Waals surface area contributed by atoms with E-state index in [-0.39, 0.29) is 22.3 Å². The monoisotopic (exact) mass is 362 g/mol. The van der Waals surface area contributed by atoms with Gasteiger partial charge in [0.2, 0.25) is 0 Å². The highest BCUT2D eigenvalue weighted by molar-refractivity contribution is 8.07. The number of carboxylic acid groups (broad SMARTS) is 1. The third kappa shape index (κ3) is 4.68. The number of aromatic carboxylic acids is 1. The van der Waals surface area contributed by atoms with Crippen LogP contribution in [0.5, 0.6) is 5.75 Å². The van der Waals surface area contributed by atoms with Crippen LogP contribution in [-0.4, -0.2) is 45.4 Å². The topological polar surface area (TPSA) is 115 Å². The zero-order chi connectivity index (χ0) is 17.3. The summed E-state index contributed by atoms with van der Waals surface area (Å²) in [5.41, 5.74) is -0.286. The second kappa shape index (κ2) is 6.48. The zero-order valence-electron chi connectivity index (χ0n) is 12.6. The number of carbonyl (C=O) groups is 1. The minimum atomic E-state index is -4.12. The Balaban J connectivity index is 2.37. The Morgan fingerprint density at radius 2 is 1.83 bits per heavy atom. The third-order valence-corrected chi connectivity index (χ3v) is 7.43. The molecule has 2 rings (SSSR count). The highest BCUT2D eigenvalue weighted by Gasteiger charge is 2.25. The van der Waals surface area contributed by atoms with Crippen LogP contribution >= 0.6 is 0 Å². The van der Waals surface area contributed by atoms with Crippen LogP contribution in [0.2, 0.25) is 0 Å². The van der Waals surface area contributed by atoms with Gasteiger partial charge in [0.25, 0.3) is 0 Å². The Bertz CT molecular complexity index is 804. The van der Waals surface area contributed by atoms with Crippen molar-refractivity contribution in [2.45, 2.75) is 36.7 Å². The van der Waals surface area contributed by atoms with Gasteiger partial charge in [-0.3, -0.25) is 0 Å². The second-order valence-corrected chi connectivity index (χ2v) is 10.1. The van der Waals surface area contributed by atoms with E-state index in [1.165, 1.54) is 12.1 Å². The molecule has 0 unspecified atom stereocenters. The Morgan fingerprint density at radius 3 is 2.35 bits per heavy atom. The Labute approximate surface area is 135 Å². The summed E-state index contributed by atoms with van der Waals surface area (Å²) in [6.07, 6.45) is 4.40. The molecular formula is C14H18O7S2. The molecule has 23 heavy (non-hydrogen) atoms. The first-order valence-electron chi connectivity index (χ1n) is 7.03. The predicted octanol–water partition coefficient (Wildman–Crippen LogP) is 1.48. The minimum absolute atomic E-state index is 0.0772. The van der Waals surface area contributed by atoms with Crippen LogP contribution in [0.4, 0.5) is 0 Å². The molecule has 0 bridgehead atoms. The molecule has 0 heterocycles. The van der Waals surface area contributed by atoms with E-state index in [0.29, 0.717) is 0 Å². The SMILES string of the molecule is CS(=O)(=O)CS(=O)(=O)c1ccc(OC2CCCC2)c(C(=O)O)c1. The van der Waals surface area contributed by atoms with Gasteiger partial charge >= 0.3 is 5.97 Å². The molecular weight excluding hydrogens is 344 g/mol. The molecule has 0 spiro atoms. The lowest BCUT2D eigenvalue weighted by Crippen LogP contribution is -2.17. The molecule has 1 aromatic rings. The number of benzene rings is 1. The summed E-state index contributed by atoms with van der Waals surface area (Å²) < 4.78 is 52.2. The van der Waals surface area contributed by atoms with Crippen molar-refractivity contribution in [3.05, 3.63) is 23.8 Å². The van der Waals surface area contributed by atoms with Gasteiger partial charge in [0, 0.05) is 6.26 Å². The molecule has 1 saturated carbocycles. The number of carboxylic acids is 1. The van der Waals surface area contributed by atoms with Crippen molar-refractivity contribution in [2.75, 3.05) is 11.3 Å². The Hall–Kier alpha value is -1.61. The highest BCUT2D eigenvalue weighted by Crippen LogP contribution is 2.29. The molecule has 1 N–H and O–H groups in total. The van der Waals surface area contributed by atoms with Gasteiger partial charge in [0.1, 0.15) is 11.3 Å². The van der Waals surface area contributed by atoms with Crippen molar-refractivity contribution in [1.82, 2.24) is 0 Å². The van der Waals surface area contributed by atoms with Gasteiger partial charge in [-0.15, -0.1) is 0 Å². The maximum absolute atomic E-state index is 12.1. The van der Waals surface area contributed by atoms with Crippen molar-refractivity contribution in [2.24, 2.45) is 0 Å². The van der Waals surface area contributed by atoms with Crippen molar-refractivity contribution < 1.29 is 31.5 Å². The van der Waals surface area contributed by atoms with Gasteiger partial charge < -0.3 is 9.84 Å². The standard InChI is InChI=1S/C14H18O7S2/c1-22(17,18)9-23(19,20)11-6-7-13(12(8-11)14(15)16)21-10-4-2-3-5-10/h6-8,10H,2-5,9H2,1H3,(H,15,16). The van der Waals surface area contributed by atoms with E-state index in [2.05, 4.69) is 0 Å². The van der Waals surface area contributed by atoms with Gasteiger partial charge in [0.15, 0.2) is 24.8 Å². The number of rotatable bonds is 6. The fraction of sp³-hybridized carbons (Fsp3) is 0.500. The lowest BCUT2D eigenvalue weighted by atomic mass is 10.2. The van der Waals surface area contributed by atoms with E-state index >= 15 is 0 Å². The van der Waals surface area contributed by atoms with Gasteiger partial charge in [-0.2, -0.15) is 0 Å². The minimum Gasteiger partial charge on any atom is -0.490 e. The fourth-order valence-electron chi connectivity index (χ4n) is 2.51. The van der Waals surface area contributed by atoms with Crippen molar-refractivity contribution in [1.29, 1.82) is 0 Å². The van der Waals surface area contributed by atoms with E-state index in [9.17, 15) is 26.7 Å². The molecule has 0 atom stereocenters. The number of hydrogen-bond donors (Lipinski definition) is 1. The van der Waals surface area contributed by atoms with Crippen LogP contribution in [0.25, 0.3) is 0 Å². The third-order valence-electron chi connectivity index (χ3n) is 3.51. The summed E-state index contributed by atoms with van der Waals surface area (Å²) in [7, 11) is -7.88. The van der Waals surface area contributed by atoms with E-state index < -0.39 is 30.7 Å². The summed E-state index contributed by atoms with van der Waals surface area (Å²) in [5.74, 6) is -1.22. The maximum Gasteiger partial charge on any atom is 0.339 e. The first-order chi connectivity index (χ1) is 10.6. The van der Waals surface area contributed by atoms with E-state index in [1.54, 1.807) is 0 Å². The molecule has 0 amide bonds. The number of ether oxygens (including phenoxy) is 1. The van der Waals surface area contributed by atoms with Crippen LogP contribution in [0, 0.1) is 0 Å². The van der Waals surface area contributed by atoms with Gasteiger partial charge in [-0.05, 0) is 43.9 Å². The smallest absolute Gasteiger partial charge is 0.339 e. The van der Waals surface area contributed by atoms with Crippen molar-refractivity contribution >= 4 is 25.6 Å². The van der Waals surface area contributed by atoms with Crippen LogP contribution < -0.4 is 4.74 Å². The summed E-state index contributed by atoms with van der Waals surface area (Å²) in [6.45, 7) is 0. The molecule has 1 aliphatic rings. The Kier molecular flexibility index (Phi) is 5.00. The number of sulfone groups is 2. The average Bonchev–Trinajstić information content (AvgIpc) is 2.88. The van der Waals surface area contributed by atoms with Gasteiger partial charge in [0.05, 0.1) is 11.0 Å². The molecule has 1 aliphatic carbocycles. The summed E-state index contributed by atoms with van der Waals surface area (Å²) in [6, 6.07) is 3.40. The predicted molar refractivity (Wildman–Crippen MR) is 83.2 cm³/mol. The van der Waals surface area contributed by atoms with Crippen molar-refractivity contribution in [3.8, 4) is 5.75 Å². The van der Waals surface area contributed by atoms with Gasteiger partial charge in [-0.1, -0.05) is 0 Å². The number of hydrogen-bond acceptors (Lipinski definition) is 6. The van der Waals surface area contributed by atoms with E-state index in [0.717, 1.165) is 38.0 Å². The van der Waals surface area contributed by atoms with Crippen LogP contribution in [0.3, 0.4) is 0 Å². The van der Waals surface area contributed by atoms with Gasteiger partial charge in [-0.25, -0.2) is 21.6 Å². The zero-order valence-corrected chi connectivity index (χ0v) is 14.2. The largest absolute Gasteiger partial charge is 0.490 e. The summed E-state index contributed by atoms with van der Waals surface area (Å²) >= 11 is 0. The second-order valence-electron chi connectivity index (χ2n) is 5.65. The highest BCUT2D eigenvalue weighted by atomic mass is 32.3. The molecule has 0 aliphatic heterocycles. The van der Waals surface area contributed by atoms with Crippen LogP contribution in [0.15, 0.2) is 23.1 Å². The normalized spacial score (nSPS) is 16.4. The first-order valence-corrected chi connectivity index (χ1v) is 10.7. The Morgan fingerprint density at radius 1 is 1.22 bits per heavy atom. The van der Waals surface area contributed by atoms with Crippen LogP contribution in [-0.2, 0) is 19.7 Å². The molecule has 9 heteroatoms. The molecule has 7 nitrogen and oxygen atoms in total. The lowest BCUT2D eigenvalue weighted by molar-refractivity contribution is 0.0689. The first kappa shape index (κ1) is 17.7. The average molecular weight is 362 g/mol. The molecule has 128 valence electrons. The molecule has 0 radical (unpaired) electrons. The quantitative estimate of drug-likeness (QED) is 0.815. The molecule has 0 aromatic heterocycles. The maximum atomic E-state index is 12.1. The summed E-state index contributed by atoms with van der Waals surface area (Å²) in [4.78, 5) is 11.0. The fourth-order valence-corrected chi connectivity index (χ4v) is 5.88. The summed E-state index contributed by atoms with van der Waals surface area (Å²) in [5, 5.41) is 8.20. The lowest BCUT2D eigenvalue weighted by Gasteiger charge is -2.15. The van der Waals surface area contributed by atoms with Crippen molar-refractivity contribution in [3.63, 3.8) is 0 Å². The van der Waals surface area contributed by atoms with E-state index in [4.69, 9.17) is 4.74 Å². The molecule has 0 saturated heterocycles.